The Balaban J connectivity index is 1.65. The minimum atomic E-state index is -0.0939. The molecular formula is C20H21ClN2O2. The summed E-state index contributed by atoms with van der Waals surface area (Å²) in [5.41, 5.74) is 11.2. The predicted molar refractivity (Wildman–Crippen MR) is 98.1 cm³/mol. The standard InChI is InChI=1S/C20H21ClN2O2/c1-11-5-16(12(2)22)18-9-23(20(24)17(18)6-11)15-8-13-7-14(21)3-4-19(13)25-10-15/h3-7,12,15H,8-10,22H2,1-2H3. The van der Waals surface area contributed by atoms with Crippen LogP contribution in [-0.2, 0) is 13.0 Å². The molecule has 4 nitrogen and oxygen atoms in total. The second-order valence-corrected chi connectivity index (χ2v) is 7.46. The van der Waals surface area contributed by atoms with Crippen molar-refractivity contribution in [2.45, 2.75) is 38.9 Å². The van der Waals surface area contributed by atoms with E-state index in [-0.39, 0.29) is 18.0 Å². The van der Waals surface area contributed by atoms with Gasteiger partial charge in [0.2, 0.25) is 0 Å². The van der Waals surface area contributed by atoms with Gasteiger partial charge in [-0.05, 0) is 66.8 Å². The second-order valence-electron chi connectivity index (χ2n) is 7.02. The number of halogens is 1. The number of aryl methyl sites for hydroxylation is 1. The Morgan fingerprint density at radius 1 is 1.32 bits per heavy atom. The van der Waals surface area contributed by atoms with Crippen molar-refractivity contribution < 1.29 is 9.53 Å². The van der Waals surface area contributed by atoms with Gasteiger partial charge in [-0.15, -0.1) is 0 Å². The van der Waals surface area contributed by atoms with Crippen molar-refractivity contribution in [2.75, 3.05) is 6.61 Å². The third-order valence-corrected chi connectivity index (χ3v) is 5.32. The molecule has 0 saturated heterocycles. The van der Waals surface area contributed by atoms with Crippen molar-refractivity contribution in [1.29, 1.82) is 0 Å². The van der Waals surface area contributed by atoms with E-state index >= 15 is 0 Å². The number of hydrogen-bond donors (Lipinski definition) is 1. The van der Waals surface area contributed by atoms with Crippen LogP contribution in [0.2, 0.25) is 5.02 Å². The monoisotopic (exact) mass is 356 g/mol. The van der Waals surface area contributed by atoms with Gasteiger partial charge in [0.15, 0.2) is 0 Å². The number of fused-ring (bicyclic) bond motifs is 2. The molecule has 25 heavy (non-hydrogen) atoms. The average molecular weight is 357 g/mol. The van der Waals surface area contributed by atoms with Gasteiger partial charge < -0.3 is 15.4 Å². The fourth-order valence-electron chi connectivity index (χ4n) is 3.86. The highest BCUT2D eigenvalue weighted by Gasteiger charge is 2.36. The number of carbonyl (C=O) groups excluding carboxylic acids is 1. The molecule has 2 atom stereocenters. The van der Waals surface area contributed by atoms with E-state index in [2.05, 4.69) is 6.07 Å². The lowest BCUT2D eigenvalue weighted by molar-refractivity contribution is 0.0612. The molecule has 0 bridgehead atoms. The molecule has 0 fully saturated rings. The Labute approximate surface area is 152 Å². The highest BCUT2D eigenvalue weighted by Crippen LogP contribution is 2.35. The van der Waals surface area contributed by atoms with Crippen molar-refractivity contribution >= 4 is 17.5 Å². The molecule has 2 heterocycles. The quantitative estimate of drug-likeness (QED) is 0.894. The first-order valence-corrected chi connectivity index (χ1v) is 8.93. The maximum Gasteiger partial charge on any atom is 0.254 e. The molecule has 2 unspecified atom stereocenters. The van der Waals surface area contributed by atoms with Crippen LogP contribution in [0.4, 0.5) is 0 Å². The first-order chi connectivity index (χ1) is 11.9. The van der Waals surface area contributed by atoms with Gasteiger partial charge >= 0.3 is 0 Å². The van der Waals surface area contributed by atoms with E-state index in [9.17, 15) is 4.79 Å². The van der Waals surface area contributed by atoms with Crippen molar-refractivity contribution in [2.24, 2.45) is 5.73 Å². The van der Waals surface area contributed by atoms with E-state index in [4.69, 9.17) is 22.1 Å². The summed E-state index contributed by atoms with van der Waals surface area (Å²) in [7, 11) is 0. The summed E-state index contributed by atoms with van der Waals surface area (Å²) < 4.78 is 5.87. The Morgan fingerprint density at radius 2 is 2.12 bits per heavy atom. The molecule has 5 heteroatoms. The zero-order valence-electron chi connectivity index (χ0n) is 14.4. The summed E-state index contributed by atoms with van der Waals surface area (Å²) in [5, 5.41) is 0.689. The van der Waals surface area contributed by atoms with Gasteiger partial charge in [-0.25, -0.2) is 0 Å². The summed E-state index contributed by atoms with van der Waals surface area (Å²) in [4.78, 5) is 14.9. The van der Waals surface area contributed by atoms with E-state index in [1.165, 1.54) is 0 Å². The van der Waals surface area contributed by atoms with Crippen molar-refractivity contribution in [3.8, 4) is 5.75 Å². The fraction of sp³-hybridized carbons (Fsp3) is 0.350. The van der Waals surface area contributed by atoms with Crippen LogP contribution in [0.5, 0.6) is 5.75 Å². The van der Waals surface area contributed by atoms with E-state index < -0.39 is 0 Å². The number of benzene rings is 2. The van der Waals surface area contributed by atoms with Crippen LogP contribution in [0.1, 0.15) is 45.6 Å². The largest absolute Gasteiger partial charge is 0.491 e. The minimum Gasteiger partial charge on any atom is -0.491 e. The van der Waals surface area contributed by atoms with E-state index in [0.717, 1.165) is 40.0 Å². The fourth-order valence-corrected chi connectivity index (χ4v) is 4.05. The molecule has 2 aliphatic rings. The average Bonchev–Trinajstić information content (AvgIpc) is 2.90. The lowest BCUT2D eigenvalue weighted by Crippen LogP contribution is -2.43. The molecular weight excluding hydrogens is 336 g/mol. The summed E-state index contributed by atoms with van der Waals surface area (Å²) >= 11 is 6.11. The maximum atomic E-state index is 13.0. The smallest absolute Gasteiger partial charge is 0.254 e. The van der Waals surface area contributed by atoms with Crippen LogP contribution in [0.3, 0.4) is 0 Å². The Kier molecular flexibility index (Phi) is 3.97. The maximum absolute atomic E-state index is 13.0. The summed E-state index contributed by atoms with van der Waals surface area (Å²) in [6.45, 7) is 5.06. The molecule has 2 aromatic rings. The topological polar surface area (TPSA) is 55.6 Å². The highest BCUT2D eigenvalue weighted by molar-refractivity contribution is 6.30. The lowest BCUT2D eigenvalue weighted by Gasteiger charge is -2.32. The van der Waals surface area contributed by atoms with Crippen LogP contribution in [0.15, 0.2) is 30.3 Å². The summed E-state index contributed by atoms with van der Waals surface area (Å²) in [5.74, 6) is 0.927. The Hall–Kier alpha value is -2.04. The molecule has 0 aliphatic carbocycles. The molecule has 130 valence electrons. The first kappa shape index (κ1) is 16.4. The van der Waals surface area contributed by atoms with Crippen molar-refractivity contribution in [3.63, 3.8) is 0 Å². The SMILES string of the molecule is Cc1cc2c(c(C(C)N)c1)CN(C1COc3ccc(Cl)cc3C1)C2=O. The second kappa shape index (κ2) is 6.04. The Bertz CT molecular complexity index is 863. The van der Waals surface area contributed by atoms with Crippen LogP contribution < -0.4 is 10.5 Å². The lowest BCUT2D eigenvalue weighted by atomic mass is 9.96. The molecule has 2 N–H and O–H groups in total. The van der Waals surface area contributed by atoms with Gasteiger partial charge in [-0.1, -0.05) is 17.7 Å². The third kappa shape index (κ3) is 2.79. The van der Waals surface area contributed by atoms with Gasteiger partial charge in [0.05, 0.1) is 6.04 Å². The first-order valence-electron chi connectivity index (χ1n) is 8.55. The molecule has 0 radical (unpaired) electrons. The molecule has 0 saturated carbocycles. The molecule has 0 aromatic heterocycles. The molecule has 0 spiro atoms. The van der Waals surface area contributed by atoms with Crippen molar-refractivity contribution in [1.82, 2.24) is 4.90 Å². The van der Waals surface area contributed by atoms with Crippen LogP contribution in [0, 0.1) is 6.92 Å². The van der Waals surface area contributed by atoms with Crippen LogP contribution in [0.25, 0.3) is 0 Å². The number of nitrogens with zero attached hydrogens (tertiary/aromatic N) is 1. The molecule has 4 rings (SSSR count). The van der Waals surface area contributed by atoms with Crippen LogP contribution >= 0.6 is 11.6 Å². The van der Waals surface area contributed by atoms with E-state index in [1.54, 1.807) is 0 Å². The number of ether oxygens (including phenoxy) is 1. The number of hydrogen-bond acceptors (Lipinski definition) is 3. The predicted octanol–water partition coefficient (Wildman–Crippen LogP) is 3.63. The molecule has 2 aliphatic heterocycles. The number of nitrogens with two attached hydrogens (primary N) is 1. The van der Waals surface area contributed by atoms with E-state index in [0.29, 0.717) is 18.2 Å². The number of rotatable bonds is 2. The van der Waals surface area contributed by atoms with E-state index in [1.807, 2.05) is 43.0 Å². The van der Waals surface area contributed by atoms with Gasteiger partial charge in [0.1, 0.15) is 12.4 Å². The minimum absolute atomic E-state index is 0.00658. The Morgan fingerprint density at radius 3 is 2.88 bits per heavy atom. The summed E-state index contributed by atoms with van der Waals surface area (Å²) in [6.07, 6.45) is 0.752. The molecule has 2 aromatic carbocycles. The third-order valence-electron chi connectivity index (χ3n) is 5.09. The number of amides is 1. The zero-order chi connectivity index (χ0) is 17.7. The highest BCUT2D eigenvalue weighted by atomic mass is 35.5. The summed E-state index contributed by atoms with van der Waals surface area (Å²) in [6, 6.07) is 9.62. The van der Waals surface area contributed by atoms with Gasteiger partial charge in [0.25, 0.3) is 5.91 Å². The zero-order valence-corrected chi connectivity index (χ0v) is 15.1. The normalized spacial score (nSPS) is 20.1. The van der Waals surface area contributed by atoms with Gasteiger partial charge in [-0.2, -0.15) is 0 Å². The van der Waals surface area contributed by atoms with Crippen LogP contribution in [-0.4, -0.2) is 23.5 Å². The van der Waals surface area contributed by atoms with Gasteiger partial charge in [-0.3, -0.25) is 4.79 Å². The van der Waals surface area contributed by atoms with Gasteiger partial charge in [0, 0.05) is 23.2 Å². The molecule has 1 amide bonds. The van der Waals surface area contributed by atoms with Crippen molar-refractivity contribution in [3.05, 3.63) is 63.2 Å². The number of carbonyl (C=O) groups is 1.